The van der Waals surface area contributed by atoms with Crippen molar-refractivity contribution in [2.75, 3.05) is 12.4 Å². The highest BCUT2D eigenvalue weighted by atomic mass is 14.8. The van der Waals surface area contributed by atoms with Gasteiger partial charge in [-0.3, -0.25) is 0 Å². The zero-order chi connectivity index (χ0) is 17.5. The molecule has 0 aliphatic rings. The molecule has 3 heteroatoms. The molecule has 0 aliphatic heterocycles. The Hall–Kier alpha value is -2.47. The Morgan fingerprint density at radius 1 is 1.12 bits per heavy atom. The molecule has 2 nitrogen and oxygen atoms in total. The maximum atomic E-state index is 8.73. The zero-order valence-corrected chi connectivity index (χ0v) is 14.7. The highest BCUT2D eigenvalue weighted by Gasteiger charge is 2.05. The summed E-state index contributed by atoms with van der Waals surface area (Å²) in [4.78, 5) is 0. The van der Waals surface area contributed by atoms with Crippen molar-refractivity contribution < 1.29 is 0 Å². The van der Waals surface area contributed by atoms with Crippen LogP contribution in [-0.4, -0.2) is 14.9 Å². The molecule has 2 rings (SSSR count). The molecule has 24 heavy (non-hydrogen) atoms. The van der Waals surface area contributed by atoms with Gasteiger partial charge in [-0.2, -0.15) is 5.26 Å². The summed E-state index contributed by atoms with van der Waals surface area (Å²) in [5.74, 6) is 0. The van der Waals surface area contributed by atoms with E-state index in [1.807, 2.05) is 32.2 Å². The molecule has 0 spiro atoms. The second kappa shape index (κ2) is 8.40. The third-order valence-corrected chi connectivity index (χ3v) is 4.31. The summed E-state index contributed by atoms with van der Waals surface area (Å²) in [7, 11) is 8.09. The van der Waals surface area contributed by atoms with Gasteiger partial charge < -0.3 is 5.32 Å². The van der Waals surface area contributed by atoms with E-state index in [0.717, 1.165) is 40.7 Å². The first kappa shape index (κ1) is 17.9. The summed E-state index contributed by atoms with van der Waals surface area (Å²) in [6, 6.07) is 12.7. The van der Waals surface area contributed by atoms with Crippen LogP contribution in [0.2, 0.25) is 0 Å². The van der Waals surface area contributed by atoms with E-state index < -0.39 is 0 Å². The molecule has 120 valence electrons. The summed E-state index contributed by atoms with van der Waals surface area (Å²) in [6.45, 7) is 4.14. The van der Waals surface area contributed by atoms with Gasteiger partial charge in [-0.15, -0.1) is 0 Å². The fourth-order valence-electron chi connectivity index (χ4n) is 2.78. The third-order valence-electron chi connectivity index (χ3n) is 4.31. The van der Waals surface area contributed by atoms with E-state index in [1.165, 1.54) is 11.1 Å². The number of unbranched alkanes of at least 4 members (excludes halogenated alkanes) is 1. The topological polar surface area (TPSA) is 35.8 Å². The van der Waals surface area contributed by atoms with Crippen LogP contribution < -0.4 is 10.8 Å². The van der Waals surface area contributed by atoms with Gasteiger partial charge in [-0.25, -0.2) is 0 Å². The van der Waals surface area contributed by atoms with Crippen molar-refractivity contribution in [3.63, 3.8) is 0 Å². The summed E-state index contributed by atoms with van der Waals surface area (Å²) in [5, 5.41) is 12.0. The maximum absolute atomic E-state index is 8.73. The van der Waals surface area contributed by atoms with Crippen LogP contribution in [0.1, 0.15) is 40.7 Å². The quantitative estimate of drug-likeness (QED) is 0.494. The number of hydrogen-bond donors (Lipinski definition) is 1. The van der Waals surface area contributed by atoms with Gasteiger partial charge in [0.2, 0.25) is 0 Å². The average molecular weight is 314 g/mol. The molecule has 1 N–H and O–H groups in total. The van der Waals surface area contributed by atoms with E-state index in [0.29, 0.717) is 6.42 Å². The lowest BCUT2D eigenvalue weighted by Crippen LogP contribution is -2.10. The van der Waals surface area contributed by atoms with Crippen molar-refractivity contribution >= 4 is 31.1 Å². The van der Waals surface area contributed by atoms with Crippen LogP contribution in [0.3, 0.4) is 0 Å². The number of benzene rings is 2. The molecule has 0 saturated heterocycles. The first-order valence-corrected chi connectivity index (χ1v) is 8.28. The normalized spacial score (nSPS) is 10.8. The molecule has 0 unspecified atom stereocenters. The van der Waals surface area contributed by atoms with Gasteiger partial charge in [0.15, 0.2) is 0 Å². The molecular formula is C21H23BN2. The lowest BCUT2D eigenvalue weighted by atomic mass is 9.86. The minimum absolute atomic E-state index is 0.595. The molecule has 0 heterocycles. The fourth-order valence-corrected chi connectivity index (χ4v) is 2.78. The summed E-state index contributed by atoms with van der Waals surface area (Å²) >= 11 is 0. The lowest BCUT2D eigenvalue weighted by molar-refractivity contribution is 0.845. The molecule has 0 aromatic heterocycles. The van der Waals surface area contributed by atoms with E-state index >= 15 is 0 Å². The number of aryl methyl sites for hydroxylation is 3. The Labute approximate surface area is 146 Å². The van der Waals surface area contributed by atoms with E-state index in [9.17, 15) is 0 Å². The summed E-state index contributed by atoms with van der Waals surface area (Å²) in [5.41, 5.74) is 7.72. The maximum Gasteiger partial charge on any atom is 0.115 e. The van der Waals surface area contributed by atoms with Crippen LogP contribution in [0.5, 0.6) is 0 Å². The second-order valence-corrected chi connectivity index (χ2v) is 6.04. The predicted octanol–water partition coefficient (Wildman–Crippen LogP) is 4.16. The first-order valence-electron chi connectivity index (χ1n) is 8.28. The standard InChI is InChI=1S/C21H23BN2/c1-15-7-6-9-17(21(15)22)10-11-19-14-18(8-4-5-12-23)16(2)13-20(19)24-3/h6-7,9-11,13-14,24H,4-5,8H2,1-3H3/b11-10+. The number of nitrogens with one attached hydrogen (secondary N) is 1. The van der Waals surface area contributed by atoms with Gasteiger partial charge in [-0.05, 0) is 61.1 Å². The van der Waals surface area contributed by atoms with Gasteiger partial charge >= 0.3 is 0 Å². The number of nitrogens with zero attached hydrogens (tertiary/aromatic N) is 1. The zero-order valence-electron chi connectivity index (χ0n) is 14.7. The number of rotatable bonds is 6. The lowest BCUT2D eigenvalue weighted by Gasteiger charge is -2.12. The van der Waals surface area contributed by atoms with Crippen molar-refractivity contribution in [1.82, 2.24) is 0 Å². The number of nitriles is 1. The molecule has 0 aliphatic carbocycles. The van der Waals surface area contributed by atoms with E-state index in [4.69, 9.17) is 13.1 Å². The van der Waals surface area contributed by atoms with Gasteiger partial charge in [0.05, 0.1) is 6.07 Å². The van der Waals surface area contributed by atoms with Gasteiger partial charge in [0, 0.05) is 19.2 Å². The highest BCUT2D eigenvalue weighted by Crippen LogP contribution is 2.24. The van der Waals surface area contributed by atoms with Crippen LogP contribution >= 0.6 is 0 Å². The van der Waals surface area contributed by atoms with Gasteiger partial charge in [0.1, 0.15) is 7.85 Å². The molecule has 0 fully saturated rings. The first-order chi connectivity index (χ1) is 11.6. The smallest absolute Gasteiger partial charge is 0.115 e. The molecule has 2 radical (unpaired) electrons. The van der Waals surface area contributed by atoms with E-state index in [2.05, 4.69) is 42.6 Å². The van der Waals surface area contributed by atoms with E-state index in [1.54, 1.807) is 0 Å². The van der Waals surface area contributed by atoms with Crippen molar-refractivity contribution in [2.24, 2.45) is 0 Å². The predicted molar refractivity (Wildman–Crippen MR) is 105 cm³/mol. The molecule has 0 amide bonds. The van der Waals surface area contributed by atoms with Crippen LogP contribution in [0.25, 0.3) is 12.2 Å². The molecule has 0 saturated carbocycles. The minimum atomic E-state index is 0.595. The van der Waals surface area contributed by atoms with Crippen LogP contribution in [-0.2, 0) is 6.42 Å². The van der Waals surface area contributed by atoms with E-state index in [-0.39, 0.29) is 0 Å². The molecule has 0 bridgehead atoms. The number of anilines is 1. The fraction of sp³-hybridized carbons (Fsp3) is 0.286. The molecule has 0 atom stereocenters. The average Bonchev–Trinajstić information content (AvgIpc) is 2.58. The Bertz CT molecular complexity index is 785. The monoisotopic (exact) mass is 314 g/mol. The minimum Gasteiger partial charge on any atom is -0.388 e. The number of hydrogen-bond acceptors (Lipinski definition) is 2. The highest BCUT2D eigenvalue weighted by molar-refractivity contribution is 6.35. The largest absolute Gasteiger partial charge is 0.388 e. The molecule has 2 aromatic carbocycles. The summed E-state index contributed by atoms with van der Waals surface area (Å²) in [6.07, 6.45) is 6.58. The van der Waals surface area contributed by atoms with Crippen molar-refractivity contribution in [1.29, 1.82) is 5.26 Å². The molecule has 2 aromatic rings. The van der Waals surface area contributed by atoms with Crippen molar-refractivity contribution in [3.8, 4) is 6.07 Å². The van der Waals surface area contributed by atoms with Crippen LogP contribution in [0, 0.1) is 25.2 Å². The van der Waals surface area contributed by atoms with Crippen molar-refractivity contribution in [3.05, 3.63) is 58.1 Å². The Kier molecular flexibility index (Phi) is 6.26. The third kappa shape index (κ3) is 4.29. The van der Waals surface area contributed by atoms with Gasteiger partial charge in [0.25, 0.3) is 0 Å². The SMILES string of the molecule is [B]c1c(C)cccc1/C=C/c1cc(CCCC#N)c(C)cc1NC. The second-order valence-electron chi connectivity index (χ2n) is 6.04. The van der Waals surface area contributed by atoms with Gasteiger partial charge in [-0.1, -0.05) is 41.4 Å². The Balaban J connectivity index is 2.34. The molecular weight excluding hydrogens is 291 g/mol. The summed E-state index contributed by atoms with van der Waals surface area (Å²) < 4.78 is 0. The van der Waals surface area contributed by atoms with Crippen LogP contribution in [0.4, 0.5) is 5.69 Å². The Morgan fingerprint density at radius 3 is 2.58 bits per heavy atom. The van der Waals surface area contributed by atoms with Crippen molar-refractivity contribution in [2.45, 2.75) is 33.1 Å². The van der Waals surface area contributed by atoms with Crippen LogP contribution in [0.15, 0.2) is 30.3 Å². The Morgan fingerprint density at radius 2 is 1.88 bits per heavy atom.